The van der Waals surface area contributed by atoms with Gasteiger partial charge in [0.15, 0.2) is 5.96 Å². The number of para-hydroxylation sites is 1. The molecule has 1 aromatic heterocycles. The zero-order valence-corrected chi connectivity index (χ0v) is 17.2. The first kappa shape index (κ1) is 19.7. The number of guanidine groups is 1. The van der Waals surface area contributed by atoms with Crippen molar-refractivity contribution in [2.45, 2.75) is 51.6 Å². The van der Waals surface area contributed by atoms with E-state index in [-0.39, 0.29) is 12.0 Å². The number of aliphatic imine (C=N–C) groups is 1. The third kappa shape index (κ3) is 4.69. The number of likely N-dealkylation sites (tertiary alicyclic amines) is 1. The summed E-state index contributed by atoms with van der Waals surface area (Å²) in [4.78, 5) is 24.0. The molecule has 2 aromatic rings. The van der Waals surface area contributed by atoms with Crippen LogP contribution in [0.5, 0.6) is 0 Å². The van der Waals surface area contributed by atoms with Crippen LogP contribution < -0.4 is 10.6 Å². The summed E-state index contributed by atoms with van der Waals surface area (Å²) in [6.07, 6.45) is 7.35. The van der Waals surface area contributed by atoms with Crippen molar-refractivity contribution in [3.8, 4) is 0 Å². The molecular formula is C23H31N5O. The van der Waals surface area contributed by atoms with E-state index in [1.807, 2.05) is 35.4 Å². The highest BCUT2D eigenvalue weighted by atomic mass is 16.2. The molecule has 0 spiro atoms. The minimum Gasteiger partial charge on any atom is -0.357 e. The maximum absolute atomic E-state index is 12.7. The molecule has 0 radical (unpaired) electrons. The zero-order valence-electron chi connectivity index (χ0n) is 17.2. The Morgan fingerprint density at radius 1 is 1.21 bits per heavy atom. The average Bonchev–Trinajstić information content (AvgIpc) is 3.44. The molecule has 1 saturated heterocycles. The van der Waals surface area contributed by atoms with Crippen molar-refractivity contribution < 1.29 is 4.79 Å². The van der Waals surface area contributed by atoms with Crippen molar-refractivity contribution in [3.63, 3.8) is 0 Å². The van der Waals surface area contributed by atoms with Gasteiger partial charge in [-0.1, -0.05) is 31.0 Å². The summed E-state index contributed by atoms with van der Waals surface area (Å²) in [7, 11) is 0. The van der Waals surface area contributed by atoms with Gasteiger partial charge in [-0.2, -0.15) is 0 Å². The average molecular weight is 394 g/mol. The molecule has 6 nitrogen and oxygen atoms in total. The van der Waals surface area contributed by atoms with Crippen molar-refractivity contribution in [3.05, 3.63) is 42.1 Å². The van der Waals surface area contributed by atoms with Gasteiger partial charge in [0.2, 0.25) is 5.91 Å². The van der Waals surface area contributed by atoms with Crippen molar-refractivity contribution in [1.82, 2.24) is 20.5 Å². The highest BCUT2D eigenvalue weighted by Crippen LogP contribution is 2.27. The molecule has 1 aromatic carbocycles. The van der Waals surface area contributed by atoms with Crippen LogP contribution in [0.4, 0.5) is 0 Å². The number of carbonyl (C=O) groups excluding carboxylic acids is 1. The fourth-order valence-electron chi connectivity index (χ4n) is 4.48. The van der Waals surface area contributed by atoms with Crippen molar-refractivity contribution in [1.29, 1.82) is 0 Å². The van der Waals surface area contributed by atoms with E-state index in [2.05, 4.69) is 28.6 Å². The fourth-order valence-corrected chi connectivity index (χ4v) is 4.48. The second-order valence-corrected chi connectivity index (χ2v) is 8.08. The number of aromatic nitrogens is 1. The zero-order chi connectivity index (χ0) is 20.1. The Hall–Kier alpha value is -2.63. The molecule has 2 aliphatic rings. The molecule has 154 valence electrons. The second kappa shape index (κ2) is 9.25. The second-order valence-electron chi connectivity index (χ2n) is 8.08. The van der Waals surface area contributed by atoms with Crippen LogP contribution in [-0.4, -0.2) is 47.4 Å². The minimum atomic E-state index is 0.257. The van der Waals surface area contributed by atoms with E-state index in [0.717, 1.165) is 61.3 Å². The van der Waals surface area contributed by atoms with Gasteiger partial charge < -0.3 is 15.5 Å². The Balaban J connectivity index is 1.39. The van der Waals surface area contributed by atoms with Crippen LogP contribution in [0.3, 0.4) is 0 Å². The van der Waals surface area contributed by atoms with Crippen LogP contribution >= 0.6 is 0 Å². The Morgan fingerprint density at radius 2 is 2.03 bits per heavy atom. The number of benzene rings is 1. The summed E-state index contributed by atoms with van der Waals surface area (Å²) in [5.74, 6) is 1.43. The minimum absolute atomic E-state index is 0.257. The first-order chi connectivity index (χ1) is 14.2. The lowest BCUT2D eigenvalue weighted by molar-refractivity contribution is -0.134. The Morgan fingerprint density at radius 3 is 2.86 bits per heavy atom. The van der Waals surface area contributed by atoms with Gasteiger partial charge in [-0.15, -0.1) is 0 Å². The SMILES string of the molecule is CCNC(=NCc1ccnc2ccccc12)NC1CCN(C(=O)C2CCCC2)C1. The van der Waals surface area contributed by atoms with E-state index in [1.54, 1.807) is 0 Å². The highest BCUT2D eigenvalue weighted by molar-refractivity contribution is 5.83. The molecule has 1 aliphatic carbocycles. The summed E-state index contributed by atoms with van der Waals surface area (Å²) < 4.78 is 0. The predicted molar refractivity (Wildman–Crippen MR) is 117 cm³/mol. The van der Waals surface area contributed by atoms with Crippen molar-refractivity contribution in [2.75, 3.05) is 19.6 Å². The maximum atomic E-state index is 12.7. The van der Waals surface area contributed by atoms with Crippen LogP contribution in [-0.2, 0) is 11.3 Å². The first-order valence-electron chi connectivity index (χ1n) is 10.9. The van der Waals surface area contributed by atoms with E-state index in [9.17, 15) is 4.79 Å². The van der Waals surface area contributed by atoms with E-state index in [0.29, 0.717) is 12.5 Å². The lowest BCUT2D eigenvalue weighted by atomic mass is 10.1. The fraction of sp³-hybridized carbons (Fsp3) is 0.522. The summed E-state index contributed by atoms with van der Waals surface area (Å²) in [6, 6.07) is 10.5. The van der Waals surface area contributed by atoms with Gasteiger partial charge in [-0.05, 0) is 43.9 Å². The number of rotatable bonds is 5. The Labute approximate surface area is 172 Å². The number of nitrogens with zero attached hydrogens (tertiary/aromatic N) is 3. The molecule has 2 fully saturated rings. The monoisotopic (exact) mass is 393 g/mol. The van der Waals surface area contributed by atoms with Gasteiger partial charge in [0, 0.05) is 43.2 Å². The molecule has 4 rings (SSSR count). The quantitative estimate of drug-likeness (QED) is 0.605. The molecule has 1 aliphatic heterocycles. The van der Waals surface area contributed by atoms with Gasteiger partial charge in [0.25, 0.3) is 0 Å². The van der Waals surface area contributed by atoms with Crippen LogP contribution in [0.15, 0.2) is 41.5 Å². The molecule has 6 heteroatoms. The number of fused-ring (bicyclic) bond motifs is 1. The molecule has 1 amide bonds. The molecule has 2 N–H and O–H groups in total. The van der Waals surface area contributed by atoms with Gasteiger partial charge in [0.05, 0.1) is 12.1 Å². The van der Waals surface area contributed by atoms with E-state index < -0.39 is 0 Å². The summed E-state index contributed by atoms with van der Waals surface area (Å²) in [5.41, 5.74) is 2.16. The smallest absolute Gasteiger partial charge is 0.225 e. The number of hydrogen-bond donors (Lipinski definition) is 2. The number of carbonyl (C=O) groups is 1. The van der Waals surface area contributed by atoms with Crippen molar-refractivity contribution in [2.24, 2.45) is 10.9 Å². The van der Waals surface area contributed by atoms with Gasteiger partial charge in [-0.25, -0.2) is 4.99 Å². The van der Waals surface area contributed by atoms with Crippen molar-refractivity contribution >= 4 is 22.8 Å². The molecule has 1 saturated carbocycles. The summed E-state index contributed by atoms with van der Waals surface area (Å²) in [6.45, 7) is 5.10. The predicted octanol–water partition coefficient (Wildman–Crippen LogP) is 3.08. The van der Waals surface area contributed by atoms with E-state index in [1.165, 1.54) is 12.8 Å². The first-order valence-corrected chi connectivity index (χ1v) is 10.9. The third-order valence-electron chi connectivity index (χ3n) is 6.04. The van der Waals surface area contributed by atoms with Crippen LogP contribution in [0.1, 0.15) is 44.6 Å². The van der Waals surface area contributed by atoms with Gasteiger partial charge in [-0.3, -0.25) is 9.78 Å². The van der Waals surface area contributed by atoms with E-state index in [4.69, 9.17) is 4.99 Å². The maximum Gasteiger partial charge on any atom is 0.225 e. The molecule has 29 heavy (non-hydrogen) atoms. The van der Waals surface area contributed by atoms with Crippen LogP contribution in [0, 0.1) is 5.92 Å². The van der Waals surface area contributed by atoms with Crippen LogP contribution in [0.2, 0.25) is 0 Å². The molecule has 0 bridgehead atoms. The number of pyridine rings is 1. The molecule has 1 unspecified atom stereocenters. The third-order valence-corrected chi connectivity index (χ3v) is 6.04. The summed E-state index contributed by atoms with van der Waals surface area (Å²) >= 11 is 0. The number of amides is 1. The van der Waals surface area contributed by atoms with Gasteiger partial charge in [0.1, 0.15) is 0 Å². The normalized spacial score (nSPS) is 20.4. The topological polar surface area (TPSA) is 69.6 Å². The molecular weight excluding hydrogens is 362 g/mol. The van der Waals surface area contributed by atoms with Gasteiger partial charge >= 0.3 is 0 Å². The van der Waals surface area contributed by atoms with Crippen LogP contribution in [0.25, 0.3) is 10.9 Å². The Kier molecular flexibility index (Phi) is 6.27. The molecule has 2 heterocycles. The number of nitrogens with one attached hydrogen (secondary N) is 2. The van der Waals surface area contributed by atoms with E-state index >= 15 is 0 Å². The number of hydrogen-bond acceptors (Lipinski definition) is 3. The lowest BCUT2D eigenvalue weighted by Gasteiger charge is -2.21. The Bertz CT molecular complexity index is 869. The molecule has 1 atom stereocenters. The lowest BCUT2D eigenvalue weighted by Crippen LogP contribution is -2.45. The highest BCUT2D eigenvalue weighted by Gasteiger charge is 2.32. The summed E-state index contributed by atoms with van der Waals surface area (Å²) in [5, 5.41) is 8.03. The largest absolute Gasteiger partial charge is 0.357 e. The standard InChI is InChI=1S/C23H31N5O/c1-2-24-23(26-15-18-11-13-25-21-10-6-5-9-20(18)21)27-19-12-14-28(16-19)22(29)17-7-3-4-8-17/h5-6,9-11,13,17,19H,2-4,7-8,12,14-16H2,1H3,(H2,24,26,27).